The molecule has 0 amide bonds. The molecular formula is C14H20O4. The predicted octanol–water partition coefficient (Wildman–Crippen LogP) is 2.21. The SMILES string of the molecule is Cc1c(CO)cccc1OCC(=O)OC(C)(C)C. The van der Waals surface area contributed by atoms with E-state index < -0.39 is 11.6 Å². The van der Waals surface area contributed by atoms with Crippen molar-refractivity contribution in [1.29, 1.82) is 0 Å². The van der Waals surface area contributed by atoms with Crippen LogP contribution in [-0.4, -0.2) is 23.3 Å². The molecule has 0 aliphatic heterocycles. The van der Waals surface area contributed by atoms with E-state index in [1.54, 1.807) is 12.1 Å². The van der Waals surface area contributed by atoms with Crippen LogP contribution in [0.25, 0.3) is 0 Å². The maximum Gasteiger partial charge on any atom is 0.344 e. The predicted molar refractivity (Wildman–Crippen MR) is 68.4 cm³/mol. The molecule has 0 saturated heterocycles. The van der Waals surface area contributed by atoms with Crippen molar-refractivity contribution in [3.63, 3.8) is 0 Å². The topological polar surface area (TPSA) is 55.8 Å². The van der Waals surface area contributed by atoms with Crippen LogP contribution in [0.15, 0.2) is 18.2 Å². The molecule has 0 unspecified atom stereocenters. The molecular weight excluding hydrogens is 232 g/mol. The van der Waals surface area contributed by atoms with Crippen molar-refractivity contribution in [1.82, 2.24) is 0 Å². The molecule has 0 saturated carbocycles. The Morgan fingerprint density at radius 2 is 2.00 bits per heavy atom. The van der Waals surface area contributed by atoms with Gasteiger partial charge in [-0.3, -0.25) is 0 Å². The summed E-state index contributed by atoms with van der Waals surface area (Å²) in [7, 11) is 0. The number of hydrogen-bond donors (Lipinski definition) is 1. The first-order valence-electron chi connectivity index (χ1n) is 5.87. The van der Waals surface area contributed by atoms with Gasteiger partial charge in [-0.2, -0.15) is 0 Å². The zero-order valence-electron chi connectivity index (χ0n) is 11.3. The number of esters is 1. The molecule has 1 rings (SSSR count). The first-order chi connectivity index (χ1) is 8.33. The number of hydrogen-bond acceptors (Lipinski definition) is 4. The number of rotatable bonds is 4. The van der Waals surface area contributed by atoms with Crippen molar-refractivity contribution in [3.05, 3.63) is 29.3 Å². The molecule has 0 spiro atoms. The van der Waals surface area contributed by atoms with Gasteiger partial charge in [0.1, 0.15) is 11.4 Å². The summed E-state index contributed by atoms with van der Waals surface area (Å²) in [6.45, 7) is 7.09. The molecule has 0 aromatic heterocycles. The van der Waals surface area contributed by atoms with Gasteiger partial charge in [-0.05, 0) is 44.9 Å². The van der Waals surface area contributed by atoms with E-state index in [0.717, 1.165) is 11.1 Å². The first kappa shape index (κ1) is 14.5. The molecule has 0 aliphatic carbocycles. The highest BCUT2D eigenvalue weighted by Crippen LogP contribution is 2.21. The van der Waals surface area contributed by atoms with E-state index in [2.05, 4.69) is 0 Å². The lowest BCUT2D eigenvalue weighted by molar-refractivity contribution is -0.157. The summed E-state index contributed by atoms with van der Waals surface area (Å²) in [6, 6.07) is 5.36. The summed E-state index contributed by atoms with van der Waals surface area (Å²) in [5.74, 6) is 0.184. The fraction of sp³-hybridized carbons (Fsp3) is 0.500. The fourth-order valence-corrected chi connectivity index (χ4v) is 1.50. The molecule has 1 aromatic carbocycles. The minimum absolute atomic E-state index is 0.0462. The summed E-state index contributed by atoms with van der Waals surface area (Å²) in [5.41, 5.74) is 1.11. The Kier molecular flexibility index (Phi) is 4.73. The molecule has 0 fully saturated rings. The molecule has 18 heavy (non-hydrogen) atoms. The van der Waals surface area contributed by atoms with Crippen LogP contribution >= 0.6 is 0 Å². The molecule has 0 bridgehead atoms. The van der Waals surface area contributed by atoms with Gasteiger partial charge >= 0.3 is 5.97 Å². The molecule has 4 nitrogen and oxygen atoms in total. The van der Waals surface area contributed by atoms with E-state index in [1.165, 1.54) is 0 Å². The summed E-state index contributed by atoms with van der Waals surface area (Å²) in [6.07, 6.45) is 0. The van der Waals surface area contributed by atoms with Crippen LogP contribution in [0.1, 0.15) is 31.9 Å². The van der Waals surface area contributed by atoms with E-state index in [1.807, 2.05) is 33.8 Å². The maximum atomic E-state index is 11.5. The van der Waals surface area contributed by atoms with Crippen LogP contribution in [0, 0.1) is 6.92 Å². The number of aliphatic hydroxyl groups excluding tert-OH is 1. The van der Waals surface area contributed by atoms with E-state index >= 15 is 0 Å². The second-order valence-corrected chi connectivity index (χ2v) is 5.07. The number of carbonyl (C=O) groups excluding carboxylic acids is 1. The Balaban J connectivity index is 2.61. The zero-order chi connectivity index (χ0) is 13.8. The lowest BCUT2D eigenvalue weighted by Gasteiger charge is -2.19. The van der Waals surface area contributed by atoms with Crippen molar-refractivity contribution in [2.45, 2.75) is 39.9 Å². The zero-order valence-corrected chi connectivity index (χ0v) is 11.3. The number of benzene rings is 1. The Hall–Kier alpha value is -1.55. The van der Waals surface area contributed by atoms with Gasteiger partial charge in [0.15, 0.2) is 6.61 Å². The summed E-state index contributed by atoms with van der Waals surface area (Å²) in [5, 5.41) is 9.13. The third-order valence-corrected chi connectivity index (χ3v) is 2.33. The third kappa shape index (κ3) is 4.37. The van der Waals surface area contributed by atoms with Crippen LogP contribution in [0.5, 0.6) is 5.75 Å². The highest BCUT2D eigenvalue weighted by molar-refractivity contribution is 5.71. The monoisotopic (exact) mass is 252 g/mol. The molecule has 1 aromatic rings. The Labute approximate surface area is 108 Å². The van der Waals surface area contributed by atoms with E-state index in [4.69, 9.17) is 14.6 Å². The summed E-state index contributed by atoms with van der Waals surface area (Å²) in [4.78, 5) is 11.5. The highest BCUT2D eigenvalue weighted by Gasteiger charge is 2.17. The van der Waals surface area contributed by atoms with Crippen molar-refractivity contribution in [2.75, 3.05) is 6.61 Å². The van der Waals surface area contributed by atoms with Crippen LogP contribution in [0.2, 0.25) is 0 Å². The van der Waals surface area contributed by atoms with Crippen molar-refractivity contribution < 1.29 is 19.4 Å². The van der Waals surface area contributed by atoms with Crippen LogP contribution in [0.3, 0.4) is 0 Å². The van der Waals surface area contributed by atoms with Crippen molar-refractivity contribution >= 4 is 5.97 Å². The van der Waals surface area contributed by atoms with Gasteiger partial charge in [-0.1, -0.05) is 12.1 Å². The quantitative estimate of drug-likeness (QED) is 0.835. The maximum absolute atomic E-state index is 11.5. The van der Waals surface area contributed by atoms with Gasteiger partial charge in [-0.15, -0.1) is 0 Å². The summed E-state index contributed by atoms with van der Waals surface area (Å²) >= 11 is 0. The Bertz CT molecular complexity index is 418. The van der Waals surface area contributed by atoms with Crippen LogP contribution in [-0.2, 0) is 16.1 Å². The fourth-order valence-electron chi connectivity index (χ4n) is 1.50. The first-order valence-corrected chi connectivity index (χ1v) is 5.87. The van der Waals surface area contributed by atoms with Gasteiger partial charge in [0.2, 0.25) is 0 Å². The van der Waals surface area contributed by atoms with E-state index in [-0.39, 0.29) is 13.2 Å². The van der Waals surface area contributed by atoms with Gasteiger partial charge in [0.05, 0.1) is 6.61 Å². The van der Waals surface area contributed by atoms with Gasteiger partial charge in [0, 0.05) is 0 Å². The van der Waals surface area contributed by atoms with Crippen molar-refractivity contribution in [2.24, 2.45) is 0 Å². The molecule has 1 N–H and O–H groups in total. The third-order valence-electron chi connectivity index (χ3n) is 2.33. The van der Waals surface area contributed by atoms with Gasteiger partial charge in [-0.25, -0.2) is 4.79 Å². The number of ether oxygens (including phenoxy) is 2. The average Bonchev–Trinajstić information content (AvgIpc) is 2.25. The molecule has 4 heteroatoms. The lowest BCUT2D eigenvalue weighted by Crippen LogP contribution is -2.27. The molecule has 100 valence electrons. The van der Waals surface area contributed by atoms with E-state index in [0.29, 0.717) is 5.75 Å². The molecule has 0 aliphatic rings. The number of aliphatic hydroxyl groups is 1. The second-order valence-electron chi connectivity index (χ2n) is 5.07. The lowest BCUT2D eigenvalue weighted by atomic mass is 10.1. The normalized spacial score (nSPS) is 11.2. The van der Waals surface area contributed by atoms with Gasteiger partial charge in [0.25, 0.3) is 0 Å². The minimum Gasteiger partial charge on any atom is -0.482 e. The summed E-state index contributed by atoms with van der Waals surface area (Å²) < 4.78 is 10.5. The Morgan fingerprint density at radius 3 is 2.56 bits per heavy atom. The van der Waals surface area contributed by atoms with Gasteiger partial charge < -0.3 is 14.6 Å². The van der Waals surface area contributed by atoms with Crippen molar-refractivity contribution in [3.8, 4) is 5.75 Å². The van der Waals surface area contributed by atoms with Crippen LogP contribution in [0.4, 0.5) is 0 Å². The molecule has 0 heterocycles. The Morgan fingerprint density at radius 1 is 1.33 bits per heavy atom. The number of carbonyl (C=O) groups is 1. The van der Waals surface area contributed by atoms with Crippen LogP contribution < -0.4 is 4.74 Å². The standard InChI is InChI=1S/C14H20O4/c1-10-11(8-15)6-5-7-12(10)17-9-13(16)18-14(2,3)4/h5-7,15H,8-9H2,1-4H3. The largest absolute Gasteiger partial charge is 0.482 e. The smallest absolute Gasteiger partial charge is 0.344 e. The second kappa shape index (κ2) is 5.87. The molecule has 0 radical (unpaired) electrons. The average molecular weight is 252 g/mol. The molecule has 0 atom stereocenters. The highest BCUT2D eigenvalue weighted by atomic mass is 16.6. The van der Waals surface area contributed by atoms with E-state index in [9.17, 15) is 4.79 Å². The minimum atomic E-state index is -0.511.